The van der Waals surface area contributed by atoms with Crippen molar-refractivity contribution in [2.75, 3.05) is 6.61 Å². The lowest BCUT2D eigenvalue weighted by Crippen LogP contribution is -2.22. The molecule has 0 aliphatic rings. The van der Waals surface area contributed by atoms with Gasteiger partial charge >= 0.3 is 5.97 Å². The highest BCUT2D eigenvalue weighted by Gasteiger charge is 2.14. The Labute approximate surface area is 121 Å². The van der Waals surface area contributed by atoms with Crippen LogP contribution in [0.4, 0.5) is 0 Å². The summed E-state index contributed by atoms with van der Waals surface area (Å²) < 4.78 is 5.07. The number of carbonyl (C=O) groups is 1. The lowest BCUT2D eigenvalue weighted by molar-refractivity contribution is -0.137. The summed E-state index contributed by atoms with van der Waals surface area (Å²) in [7, 11) is 0. The van der Waals surface area contributed by atoms with Gasteiger partial charge in [0.05, 0.1) is 12.2 Å². The molecule has 0 amide bonds. The third-order valence-corrected chi connectivity index (χ3v) is 2.82. The van der Waals surface area contributed by atoms with Gasteiger partial charge in [-0.15, -0.1) is 0 Å². The van der Waals surface area contributed by atoms with Crippen molar-refractivity contribution in [2.24, 2.45) is 0 Å². The molecular formula is C17H24O3. The fourth-order valence-corrected chi connectivity index (χ4v) is 1.85. The highest BCUT2D eigenvalue weighted by atomic mass is 16.5. The molecule has 1 aromatic rings. The largest absolute Gasteiger partial charge is 0.463 e. The third kappa shape index (κ3) is 6.53. The predicted octanol–water partition coefficient (Wildman–Crippen LogP) is 3.36. The van der Waals surface area contributed by atoms with Crippen LogP contribution in [-0.4, -0.2) is 23.3 Å². The van der Waals surface area contributed by atoms with Crippen LogP contribution in [0.2, 0.25) is 0 Å². The summed E-state index contributed by atoms with van der Waals surface area (Å²) in [4.78, 5) is 11.5. The molecule has 0 aromatic heterocycles. The van der Waals surface area contributed by atoms with E-state index in [0.29, 0.717) is 13.0 Å². The average Bonchev–Trinajstić information content (AvgIpc) is 2.36. The molecule has 0 heterocycles. The van der Waals surface area contributed by atoms with Crippen molar-refractivity contribution >= 4 is 12.0 Å². The van der Waals surface area contributed by atoms with E-state index < -0.39 is 5.60 Å². The molecule has 0 atom stereocenters. The molecular weight excluding hydrogens is 252 g/mol. The van der Waals surface area contributed by atoms with Crippen LogP contribution in [0.15, 0.2) is 30.3 Å². The fourth-order valence-electron chi connectivity index (χ4n) is 1.85. The molecule has 1 rings (SSSR count). The van der Waals surface area contributed by atoms with Gasteiger partial charge in [-0.05, 0) is 37.5 Å². The first-order valence-corrected chi connectivity index (χ1v) is 7.07. The highest BCUT2D eigenvalue weighted by Crippen LogP contribution is 2.17. The van der Waals surface area contributed by atoms with Gasteiger partial charge in [-0.25, -0.2) is 4.79 Å². The monoisotopic (exact) mass is 276 g/mol. The van der Waals surface area contributed by atoms with Crippen molar-refractivity contribution < 1.29 is 14.6 Å². The Morgan fingerprint density at radius 3 is 2.70 bits per heavy atom. The van der Waals surface area contributed by atoms with Crippen LogP contribution in [0.3, 0.4) is 0 Å². The van der Waals surface area contributed by atoms with Gasteiger partial charge in [0, 0.05) is 12.5 Å². The molecule has 1 N–H and O–H groups in total. The summed E-state index contributed by atoms with van der Waals surface area (Å²) in [5, 5.41) is 9.90. The minimum absolute atomic E-state index is 0.323. The second-order valence-electron chi connectivity index (χ2n) is 5.54. The molecule has 0 bridgehead atoms. The third-order valence-electron chi connectivity index (χ3n) is 2.82. The first-order valence-electron chi connectivity index (χ1n) is 7.07. The van der Waals surface area contributed by atoms with Gasteiger partial charge in [0.15, 0.2) is 0 Å². The van der Waals surface area contributed by atoms with E-state index >= 15 is 0 Å². The van der Waals surface area contributed by atoms with Gasteiger partial charge in [-0.2, -0.15) is 0 Å². The molecule has 0 saturated heterocycles. The number of esters is 1. The van der Waals surface area contributed by atoms with Gasteiger partial charge in [0.25, 0.3) is 0 Å². The SMILES string of the molecule is CCCCOC(=O)/C=C/c1ccccc1CC(C)(C)O. The molecule has 0 radical (unpaired) electrons. The summed E-state index contributed by atoms with van der Waals surface area (Å²) in [6, 6.07) is 7.73. The van der Waals surface area contributed by atoms with Crippen LogP contribution in [-0.2, 0) is 16.0 Å². The first kappa shape index (κ1) is 16.4. The van der Waals surface area contributed by atoms with Gasteiger partial charge in [0.1, 0.15) is 0 Å². The Hall–Kier alpha value is -1.61. The predicted molar refractivity (Wildman–Crippen MR) is 81.3 cm³/mol. The second-order valence-corrected chi connectivity index (χ2v) is 5.54. The zero-order valence-electron chi connectivity index (χ0n) is 12.6. The lowest BCUT2D eigenvalue weighted by atomic mass is 9.95. The van der Waals surface area contributed by atoms with Crippen molar-refractivity contribution in [3.63, 3.8) is 0 Å². The number of aliphatic hydroxyl groups is 1. The number of hydrogen-bond acceptors (Lipinski definition) is 3. The topological polar surface area (TPSA) is 46.5 Å². The fraction of sp³-hybridized carbons (Fsp3) is 0.471. The minimum atomic E-state index is -0.772. The molecule has 0 fully saturated rings. The van der Waals surface area contributed by atoms with Crippen LogP contribution < -0.4 is 0 Å². The molecule has 110 valence electrons. The molecule has 3 nitrogen and oxygen atoms in total. The van der Waals surface area contributed by atoms with Crippen molar-refractivity contribution in [2.45, 2.75) is 45.6 Å². The highest BCUT2D eigenvalue weighted by molar-refractivity contribution is 5.87. The van der Waals surface area contributed by atoms with E-state index in [1.165, 1.54) is 6.08 Å². The maximum atomic E-state index is 11.5. The van der Waals surface area contributed by atoms with Crippen molar-refractivity contribution in [1.29, 1.82) is 0 Å². The first-order chi connectivity index (χ1) is 9.42. The zero-order valence-corrected chi connectivity index (χ0v) is 12.6. The second kappa shape index (κ2) is 7.85. The van der Waals surface area contributed by atoms with E-state index in [9.17, 15) is 9.90 Å². The quantitative estimate of drug-likeness (QED) is 0.472. The molecule has 0 saturated carbocycles. The maximum Gasteiger partial charge on any atom is 0.330 e. The molecule has 0 spiro atoms. The molecule has 0 unspecified atom stereocenters. The standard InChI is InChI=1S/C17H24O3/c1-4-5-12-20-16(18)11-10-14-8-6-7-9-15(14)13-17(2,3)19/h6-11,19H,4-5,12-13H2,1-3H3/b11-10+. The number of unbranched alkanes of at least 4 members (excludes halogenated alkanes) is 1. The smallest absolute Gasteiger partial charge is 0.330 e. The van der Waals surface area contributed by atoms with Crippen LogP contribution in [0.1, 0.15) is 44.7 Å². The Balaban J connectivity index is 2.69. The lowest BCUT2D eigenvalue weighted by Gasteiger charge is -2.18. The molecule has 0 aliphatic heterocycles. The molecule has 20 heavy (non-hydrogen) atoms. The van der Waals surface area contributed by atoms with Gasteiger partial charge in [-0.3, -0.25) is 0 Å². The van der Waals surface area contributed by atoms with Crippen LogP contribution in [0, 0.1) is 0 Å². The Morgan fingerprint density at radius 2 is 2.05 bits per heavy atom. The Morgan fingerprint density at radius 1 is 1.35 bits per heavy atom. The van der Waals surface area contributed by atoms with Crippen LogP contribution in [0.5, 0.6) is 0 Å². The van der Waals surface area contributed by atoms with E-state index in [0.717, 1.165) is 24.0 Å². The summed E-state index contributed by atoms with van der Waals surface area (Å²) in [5.74, 6) is -0.323. The van der Waals surface area contributed by atoms with Gasteiger partial charge in [-0.1, -0.05) is 37.6 Å². The summed E-state index contributed by atoms with van der Waals surface area (Å²) in [6.45, 7) is 6.06. The van der Waals surface area contributed by atoms with E-state index in [1.807, 2.05) is 24.3 Å². The number of rotatable bonds is 7. The molecule has 1 aromatic carbocycles. The van der Waals surface area contributed by atoms with Gasteiger partial charge in [0.2, 0.25) is 0 Å². The van der Waals surface area contributed by atoms with Crippen molar-refractivity contribution in [3.05, 3.63) is 41.5 Å². The number of hydrogen-bond donors (Lipinski definition) is 1. The van der Waals surface area contributed by atoms with Gasteiger partial charge < -0.3 is 9.84 Å². The normalized spacial score (nSPS) is 11.8. The zero-order chi connectivity index (χ0) is 15.0. The summed E-state index contributed by atoms with van der Waals surface area (Å²) in [6.07, 6.45) is 5.62. The van der Waals surface area contributed by atoms with Crippen molar-refractivity contribution in [1.82, 2.24) is 0 Å². The number of benzene rings is 1. The summed E-state index contributed by atoms with van der Waals surface area (Å²) in [5.41, 5.74) is 1.17. The minimum Gasteiger partial charge on any atom is -0.463 e. The molecule has 3 heteroatoms. The van der Waals surface area contributed by atoms with E-state index in [1.54, 1.807) is 19.9 Å². The molecule has 0 aliphatic carbocycles. The summed E-state index contributed by atoms with van der Waals surface area (Å²) >= 11 is 0. The maximum absolute atomic E-state index is 11.5. The van der Waals surface area contributed by atoms with E-state index in [2.05, 4.69) is 6.92 Å². The van der Waals surface area contributed by atoms with E-state index in [4.69, 9.17) is 4.74 Å². The number of ether oxygens (including phenoxy) is 1. The van der Waals surface area contributed by atoms with Crippen LogP contribution >= 0.6 is 0 Å². The Kier molecular flexibility index (Phi) is 6.46. The van der Waals surface area contributed by atoms with E-state index in [-0.39, 0.29) is 5.97 Å². The number of carbonyl (C=O) groups excluding carboxylic acids is 1. The Bertz CT molecular complexity index is 456. The average molecular weight is 276 g/mol. The van der Waals surface area contributed by atoms with Crippen LogP contribution in [0.25, 0.3) is 6.08 Å². The van der Waals surface area contributed by atoms with Crippen molar-refractivity contribution in [3.8, 4) is 0 Å².